The smallest absolute Gasteiger partial charge is 0.306 e. The summed E-state index contributed by atoms with van der Waals surface area (Å²) in [4.78, 5) is 32.7. The third-order valence-corrected chi connectivity index (χ3v) is 1.82. The SMILES string of the molecule is CC(C)(C)OOC(CCC(=O)OC(C)(C)C)OOC(C)(C)C. The molecule has 0 aliphatic heterocycles. The zero-order valence-corrected chi connectivity index (χ0v) is 15.4. The molecular formula is C16H32O6. The van der Waals surface area contributed by atoms with Gasteiger partial charge in [-0.05, 0) is 62.3 Å². The second kappa shape index (κ2) is 8.24. The average molecular weight is 320 g/mol. The molecule has 0 amide bonds. The minimum atomic E-state index is -0.814. The van der Waals surface area contributed by atoms with Gasteiger partial charge in [0.1, 0.15) is 5.60 Å². The molecule has 6 nitrogen and oxygen atoms in total. The molecule has 0 aromatic carbocycles. The summed E-state index contributed by atoms with van der Waals surface area (Å²) < 4.78 is 5.25. The maximum absolute atomic E-state index is 11.8. The quantitative estimate of drug-likeness (QED) is 0.306. The van der Waals surface area contributed by atoms with Crippen molar-refractivity contribution in [1.82, 2.24) is 0 Å². The summed E-state index contributed by atoms with van der Waals surface area (Å²) in [7, 11) is 0. The van der Waals surface area contributed by atoms with Gasteiger partial charge in [-0.25, -0.2) is 19.6 Å². The van der Waals surface area contributed by atoms with E-state index in [0.29, 0.717) is 0 Å². The van der Waals surface area contributed by atoms with Gasteiger partial charge in [-0.2, -0.15) is 0 Å². The molecule has 0 atom stereocenters. The van der Waals surface area contributed by atoms with Crippen LogP contribution in [0.3, 0.4) is 0 Å². The maximum atomic E-state index is 11.8. The van der Waals surface area contributed by atoms with Crippen LogP contribution < -0.4 is 0 Å². The number of ether oxygens (including phenoxy) is 1. The minimum absolute atomic E-state index is 0.142. The molecule has 0 saturated heterocycles. The Morgan fingerprint density at radius 2 is 1.18 bits per heavy atom. The fourth-order valence-corrected chi connectivity index (χ4v) is 1.14. The number of hydrogen-bond acceptors (Lipinski definition) is 6. The summed E-state index contributed by atoms with van der Waals surface area (Å²) in [6, 6.07) is 0. The Bertz CT molecular complexity index is 314. The summed E-state index contributed by atoms with van der Waals surface area (Å²) >= 11 is 0. The highest BCUT2D eigenvalue weighted by Gasteiger charge is 2.24. The number of hydrogen-bond donors (Lipinski definition) is 0. The first-order valence-corrected chi connectivity index (χ1v) is 7.59. The molecule has 0 unspecified atom stereocenters. The van der Waals surface area contributed by atoms with Crippen LogP contribution in [0, 0.1) is 0 Å². The van der Waals surface area contributed by atoms with E-state index in [1.807, 2.05) is 62.3 Å². The molecule has 0 saturated carbocycles. The van der Waals surface area contributed by atoms with Crippen LogP contribution in [0.5, 0.6) is 0 Å². The van der Waals surface area contributed by atoms with Crippen molar-refractivity contribution >= 4 is 5.97 Å². The molecule has 6 heteroatoms. The molecule has 0 fully saturated rings. The van der Waals surface area contributed by atoms with Crippen LogP contribution in [0.25, 0.3) is 0 Å². The Morgan fingerprint density at radius 3 is 1.50 bits per heavy atom. The maximum Gasteiger partial charge on any atom is 0.306 e. The van der Waals surface area contributed by atoms with Gasteiger partial charge in [0.25, 0.3) is 0 Å². The Morgan fingerprint density at radius 1 is 0.773 bits per heavy atom. The van der Waals surface area contributed by atoms with Gasteiger partial charge in [0.05, 0.1) is 17.6 Å². The van der Waals surface area contributed by atoms with Crippen molar-refractivity contribution in [2.24, 2.45) is 0 Å². The predicted octanol–water partition coefficient (Wildman–Crippen LogP) is 3.93. The molecule has 0 rings (SSSR count). The van der Waals surface area contributed by atoms with Crippen molar-refractivity contribution in [1.29, 1.82) is 0 Å². The number of esters is 1. The van der Waals surface area contributed by atoms with Gasteiger partial charge in [0, 0.05) is 6.42 Å². The predicted molar refractivity (Wildman–Crippen MR) is 82.7 cm³/mol. The third kappa shape index (κ3) is 14.3. The standard InChI is InChI=1S/C16H32O6/c1-14(2,3)18-12(17)10-11-13(19-21-15(4,5)6)20-22-16(7,8)9/h13H,10-11H2,1-9H3. The van der Waals surface area contributed by atoms with Crippen molar-refractivity contribution in [3.8, 4) is 0 Å². The summed E-state index contributed by atoms with van der Waals surface area (Å²) in [6.45, 7) is 16.6. The van der Waals surface area contributed by atoms with Gasteiger partial charge in [-0.1, -0.05) is 0 Å². The zero-order valence-electron chi connectivity index (χ0n) is 15.4. The van der Waals surface area contributed by atoms with Crippen LogP contribution in [0.4, 0.5) is 0 Å². The molecule has 22 heavy (non-hydrogen) atoms. The van der Waals surface area contributed by atoms with E-state index in [9.17, 15) is 4.79 Å². The second-order valence-electron chi connectivity index (χ2n) is 8.14. The van der Waals surface area contributed by atoms with Gasteiger partial charge < -0.3 is 4.74 Å². The van der Waals surface area contributed by atoms with Crippen LogP contribution in [0.2, 0.25) is 0 Å². The lowest BCUT2D eigenvalue weighted by Gasteiger charge is -2.26. The van der Waals surface area contributed by atoms with Gasteiger partial charge in [-0.15, -0.1) is 0 Å². The Kier molecular flexibility index (Phi) is 7.98. The highest BCUT2D eigenvalue weighted by molar-refractivity contribution is 5.69. The minimum Gasteiger partial charge on any atom is -0.460 e. The van der Waals surface area contributed by atoms with Crippen LogP contribution >= 0.6 is 0 Å². The molecule has 0 aromatic rings. The summed E-state index contributed by atoms with van der Waals surface area (Å²) in [5.41, 5.74) is -1.50. The molecular weight excluding hydrogens is 288 g/mol. The largest absolute Gasteiger partial charge is 0.460 e. The monoisotopic (exact) mass is 320 g/mol. The van der Waals surface area contributed by atoms with Crippen molar-refractivity contribution in [2.45, 2.75) is 98.2 Å². The topological polar surface area (TPSA) is 63.2 Å². The summed E-state index contributed by atoms with van der Waals surface area (Å²) in [5, 5.41) is 0. The van der Waals surface area contributed by atoms with E-state index >= 15 is 0 Å². The lowest BCUT2D eigenvalue weighted by atomic mass is 10.2. The number of carbonyl (C=O) groups excluding carboxylic acids is 1. The van der Waals surface area contributed by atoms with Crippen LogP contribution in [-0.2, 0) is 29.1 Å². The molecule has 0 spiro atoms. The Balaban J connectivity index is 4.42. The fourth-order valence-electron chi connectivity index (χ4n) is 1.14. The molecule has 0 aliphatic carbocycles. The van der Waals surface area contributed by atoms with Gasteiger partial charge in [-0.3, -0.25) is 4.79 Å². The Hall–Kier alpha value is -0.690. The van der Waals surface area contributed by atoms with Crippen molar-refractivity contribution in [3.05, 3.63) is 0 Å². The van der Waals surface area contributed by atoms with Gasteiger partial charge in [0.15, 0.2) is 0 Å². The third-order valence-electron chi connectivity index (χ3n) is 1.82. The van der Waals surface area contributed by atoms with Gasteiger partial charge in [0.2, 0.25) is 6.29 Å². The summed E-state index contributed by atoms with van der Waals surface area (Å²) in [6.07, 6.45) is -0.407. The molecule has 0 aromatic heterocycles. The Labute approximate surface area is 134 Å². The first-order chi connectivity index (χ1) is 9.68. The van der Waals surface area contributed by atoms with E-state index in [4.69, 9.17) is 24.3 Å². The zero-order chi connectivity index (χ0) is 17.6. The highest BCUT2D eigenvalue weighted by Crippen LogP contribution is 2.17. The molecule has 0 N–H and O–H groups in total. The van der Waals surface area contributed by atoms with E-state index in [1.165, 1.54) is 0 Å². The van der Waals surface area contributed by atoms with Crippen molar-refractivity contribution < 1.29 is 29.1 Å². The first kappa shape index (κ1) is 21.3. The van der Waals surface area contributed by atoms with E-state index in [0.717, 1.165) is 0 Å². The fraction of sp³-hybridized carbons (Fsp3) is 0.938. The lowest BCUT2D eigenvalue weighted by Crippen LogP contribution is -2.30. The van der Waals surface area contributed by atoms with Crippen molar-refractivity contribution in [2.75, 3.05) is 0 Å². The van der Waals surface area contributed by atoms with Crippen LogP contribution in [0.1, 0.15) is 75.2 Å². The normalized spacial score (nSPS) is 13.5. The second-order valence-corrected chi connectivity index (χ2v) is 8.14. The first-order valence-electron chi connectivity index (χ1n) is 7.59. The number of rotatable bonds is 7. The molecule has 0 aliphatic rings. The summed E-state index contributed by atoms with van der Waals surface area (Å²) in [5.74, 6) is -0.323. The average Bonchev–Trinajstić information content (AvgIpc) is 2.22. The number of carbonyl (C=O) groups is 1. The van der Waals surface area contributed by atoms with E-state index in [2.05, 4.69) is 0 Å². The van der Waals surface area contributed by atoms with E-state index in [1.54, 1.807) is 0 Å². The van der Waals surface area contributed by atoms with E-state index in [-0.39, 0.29) is 18.8 Å². The van der Waals surface area contributed by atoms with Crippen LogP contribution in [0.15, 0.2) is 0 Å². The van der Waals surface area contributed by atoms with Crippen molar-refractivity contribution in [3.63, 3.8) is 0 Å². The highest BCUT2D eigenvalue weighted by atomic mass is 17.3. The molecule has 0 radical (unpaired) electrons. The molecule has 132 valence electrons. The molecule has 0 heterocycles. The molecule has 0 bridgehead atoms. The van der Waals surface area contributed by atoms with Crippen LogP contribution in [-0.4, -0.2) is 29.1 Å². The van der Waals surface area contributed by atoms with Gasteiger partial charge >= 0.3 is 5.97 Å². The van der Waals surface area contributed by atoms with E-state index < -0.39 is 23.1 Å². The lowest BCUT2D eigenvalue weighted by molar-refractivity contribution is -0.497.